The molecule has 104 valence electrons. The zero-order valence-electron chi connectivity index (χ0n) is 12.3. The van der Waals surface area contributed by atoms with Crippen molar-refractivity contribution in [2.45, 2.75) is 52.1 Å². The van der Waals surface area contributed by atoms with E-state index in [1.165, 1.54) is 44.3 Å². The molecule has 0 aromatic heterocycles. The van der Waals surface area contributed by atoms with Gasteiger partial charge in [-0.1, -0.05) is 50.8 Å². The number of hydrogen-bond acceptors (Lipinski definition) is 2. The van der Waals surface area contributed by atoms with Crippen LogP contribution in [0.2, 0.25) is 0 Å². The van der Waals surface area contributed by atoms with Crippen LogP contribution in [0.5, 0.6) is 0 Å². The van der Waals surface area contributed by atoms with E-state index in [1.807, 2.05) is 0 Å². The lowest BCUT2D eigenvalue weighted by atomic mass is 10.1. The van der Waals surface area contributed by atoms with Gasteiger partial charge in [-0.3, -0.25) is 0 Å². The number of rotatable bonds is 7. The molecule has 0 fully saturated rings. The number of para-hydroxylation sites is 1. The molecule has 1 atom stereocenters. The quantitative estimate of drug-likeness (QED) is 0.660. The molecular formula is C17H26N2. The Morgan fingerprint density at radius 1 is 0.947 bits per heavy atom. The van der Waals surface area contributed by atoms with Crippen molar-refractivity contribution in [1.82, 2.24) is 4.90 Å². The van der Waals surface area contributed by atoms with E-state index in [9.17, 15) is 0 Å². The highest BCUT2D eigenvalue weighted by molar-refractivity contribution is 5.51. The maximum absolute atomic E-state index is 2.44. The Morgan fingerprint density at radius 3 is 2.42 bits per heavy atom. The van der Waals surface area contributed by atoms with E-state index in [0.717, 1.165) is 0 Å². The summed E-state index contributed by atoms with van der Waals surface area (Å²) in [4.78, 5) is 4.78. The Bertz CT molecular complexity index is 386. The lowest BCUT2D eigenvalue weighted by Crippen LogP contribution is -2.36. The fraction of sp³-hybridized carbons (Fsp3) is 0.529. The van der Waals surface area contributed by atoms with Crippen molar-refractivity contribution in [2.24, 2.45) is 0 Å². The molecule has 2 nitrogen and oxygen atoms in total. The van der Waals surface area contributed by atoms with Gasteiger partial charge >= 0.3 is 0 Å². The van der Waals surface area contributed by atoms with Crippen molar-refractivity contribution < 1.29 is 0 Å². The summed E-state index contributed by atoms with van der Waals surface area (Å²) < 4.78 is 0. The summed E-state index contributed by atoms with van der Waals surface area (Å²) in [6.07, 6.45) is 11.6. The van der Waals surface area contributed by atoms with Crippen molar-refractivity contribution in [1.29, 1.82) is 0 Å². The van der Waals surface area contributed by atoms with Crippen molar-refractivity contribution in [3.05, 3.63) is 42.7 Å². The SMILES string of the molecule is CCCCCCCN1C=CN(c2ccccc2)C1C. The molecule has 1 heterocycles. The number of nitrogens with zero attached hydrogens (tertiary/aromatic N) is 2. The second-order valence-corrected chi connectivity index (χ2v) is 5.32. The third-order valence-corrected chi connectivity index (χ3v) is 3.88. The summed E-state index contributed by atoms with van der Waals surface area (Å²) in [6, 6.07) is 10.6. The number of anilines is 1. The van der Waals surface area contributed by atoms with Crippen LogP contribution in [0.25, 0.3) is 0 Å². The van der Waals surface area contributed by atoms with Gasteiger partial charge in [0.25, 0.3) is 0 Å². The molecule has 1 aromatic rings. The molecule has 19 heavy (non-hydrogen) atoms. The Morgan fingerprint density at radius 2 is 1.68 bits per heavy atom. The first-order chi connectivity index (χ1) is 9.33. The number of unbranched alkanes of at least 4 members (excludes halogenated alkanes) is 4. The summed E-state index contributed by atoms with van der Waals surface area (Å²) in [7, 11) is 0. The minimum atomic E-state index is 0.438. The third kappa shape index (κ3) is 3.76. The zero-order chi connectivity index (χ0) is 13.5. The molecule has 0 amide bonds. The van der Waals surface area contributed by atoms with Crippen LogP contribution >= 0.6 is 0 Å². The van der Waals surface area contributed by atoms with Crippen LogP contribution in [0, 0.1) is 0 Å². The molecule has 1 aromatic carbocycles. The molecule has 0 bridgehead atoms. The molecule has 0 radical (unpaired) electrons. The van der Waals surface area contributed by atoms with Crippen molar-refractivity contribution in [3.8, 4) is 0 Å². The standard InChI is InChI=1S/C17H26N2/c1-3-4-5-6-10-13-18-14-15-19(16(18)2)17-11-8-7-9-12-17/h7-9,11-12,14-16H,3-6,10,13H2,1-2H3. The van der Waals surface area contributed by atoms with Gasteiger partial charge in [0, 0.05) is 24.6 Å². The molecular weight excluding hydrogens is 232 g/mol. The molecule has 2 rings (SSSR count). The summed E-state index contributed by atoms with van der Waals surface area (Å²) in [5.41, 5.74) is 1.28. The van der Waals surface area contributed by atoms with Crippen molar-refractivity contribution in [2.75, 3.05) is 11.4 Å². The highest BCUT2D eigenvalue weighted by Crippen LogP contribution is 2.24. The van der Waals surface area contributed by atoms with E-state index in [2.05, 4.69) is 66.4 Å². The highest BCUT2D eigenvalue weighted by atomic mass is 15.4. The molecule has 1 aliphatic rings. The maximum Gasteiger partial charge on any atom is 0.102 e. The Balaban J connectivity index is 1.79. The van der Waals surface area contributed by atoms with Gasteiger partial charge in [-0.2, -0.15) is 0 Å². The van der Waals surface area contributed by atoms with Gasteiger partial charge in [0.1, 0.15) is 6.17 Å². The molecule has 0 aliphatic carbocycles. The van der Waals surface area contributed by atoms with Crippen molar-refractivity contribution >= 4 is 5.69 Å². The summed E-state index contributed by atoms with van der Waals surface area (Å²) >= 11 is 0. The minimum absolute atomic E-state index is 0.438. The lowest BCUT2D eigenvalue weighted by molar-refractivity contribution is 0.310. The summed E-state index contributed by atoms with van der Waals surface area (Å²) in [6.45, 7) is 5.72. The summed E-state index contributed by atoms with van der Waals surface area (Å²) in [5.74, 6) is 0. The van der Waals surface area contributed by atoms with Crippen molar-refractivity contribution in [3.63, 3.8) is 0 Å². The van der Waals surface area contributed by atoms with E-state index < -0.39 is 0 Å². The van der Waals surface area contributed by atoms with Crippen LogP contribution in [0.3, 0.4) is 0 Å². The number of benzene rings is 1. The van der Waals surface area contributed by atoms with Gasteiger partial charge in [-0.25, -0.2) is 0 Å². The van der Waals surface area contributed by atoms with Gasteiger partial charge in [0.2, 0.25) is 0 Å². The van der Waals surface area contributed by atoms with Gasteiger partial charge in [0.15, 0.2) is 0 Å². The second kappa shape index (κ2) is 7.22. The van der Waals surface area contributed by atoms with E-state index in [0.29, 0.717) is 6.17 Å². The van der Waals surface area contributed by atoms with E-state index in [4.69, 9.17) is 0 Å². The average molecular weight is 258 g/mol. The molecule has 0 N–H and O–H groups in total. The van der Waals surface area contributed by atoms with Gasteiger partial charge in [0.05, 0.1) is 0 Å². The zero-order valence-corrected chi connectivity index (χ0v) is 12.3. The lowest BCUT2D eigenvalue weighted by Gasteiger charge is -2.29. The van der Waals surface area contributed by atoms with E-state index in [-0.39, 0.29) is 0 Å². The topological polar surface area (TPSA) is 6.48 Å². The molecule has 1 unspecified atom stereocenters. The Labute approximate surface area is 117 Å². The van der Waals surface area contributed by atoms with Crippen LogP contribution in [0.4, 0.5) is 5.69 Å². The monoisotopic (exact) mass is 258 g/mol. The molecule has 2 heteroatoms. The van der Waals surface area contributed by atoms with E-state index in [1.54, 1.807) is 0 Å². The van der Waals surface area contributed by atoms with E-state index >= 15 is 0 Å². The van der Waals surface area contributed by atoms with Gasteiger partial charge in [-0.15, -0.1) is 0 Å². The molecule has 0 saturated carbocycles. The minimum Gasteiger partial charge on any atom is -0.356 e. The predicted octanol–water partition coefficient (Wildman–Crippen LogP) is 4.60. The maximum atomic E-state index is 2.44. The first kappa shape index (κ1) is 14.0. The van der Waals surface area contributed by atoms with Crippen LogP contribution in [0.1, 0.15) is 46.0 Å². The van der Waals surface area contributed by atoms with Gasteiger partial charge in [-0.05, 0) is 25.5 Å². The fourth-order valence-corrected chi connectivity index (χ4v) is 2.63. The predicted molar refractivity (Wildman–Crippen MR) is 83.0 cm³/mol. The third-order valence-electron chi connectivity index (χ3n) is 3.88. The smallest absolute Gasteiger partial charge is 0.102 e. The average Bonchev–Trinajstić information content (AvgIpc) is 2.81. The largest absolute Gasteiger partial charge is 0.356 e. The fourth-order valence-electron chi connectivity index (χ4n) is 2.63. The second-order valence-electron chi connectivity index (χ2n) is 5.32. The van der Waals surface area contributed by atoms with Crippen LogP contribution < -0.4 is 4.90 Å². The van der Waals surface area contributed by atoms with Gasteiger partial charge < -0.3 is 9.80 Å². The van der Waals surface area contributed by atoms with Crippen LogP contribution in [-0.2, 0) is 0 Å². The summed E-state index contributed by atoms with van der Waals surface area (Å²) in [5, 5.41) is 0. The molecule has 0 saturated heterocycles. The molecule has 1 aliphatic heterocycles. The first-order valence-corrected chi connectivity index (χ1v) is 7.60. The Kier molecular flexibility index (Phi) is 5.31. The van der Waals surface area contributed by atoms with Crippen LogP contribution in [0.15, 0.2) is 42.7 Å². The highest BCUT2D eigenvalue weighted by Gasteiger charge is 2.22. The molecule has 0 spiro atoms. The normalized spacial score (nSPS) is 18.3. The number of hydrogen-bond donors (Lipinski definition) is 0. The van der Waals surface area contributed by atoms with Crippen LogP contribution in [-0.4, -0.2) is 17.6 Å². The first-order valence-electron chi connectivity index (χ1n) is 7.60. The Hall–Kier alpha value is -1.44.